The molecule has 0 N–H and O–H groups in total. The summed E-state index contributed by atoms with van der Waals surface area (Å²) in [5.41, 5.74) is 3.68. The maximum atomic E-state index is 12.4. The summed E-state index contributed by atoms with van der Waals surface area (Å²) < 4.78 is 5.48. The highest BCUT2D eigenvalue weighted by Crippen LogP contribution is 2.42. The zero-order valence-electron chi connectivity index (χ0n) is 10.6. The standard InChI is InChI=1S/C14H18O2/c1-8(2)12-13(15)11-9(3)7-16-10(11)6-14(12,4)5/h7H,6H2,1-5H3. The second kappa shape index (κ2) is 3.34. The lowest BCUT2D eigenvalue weighted by atomic mass is 9.70. The van der Waals surface area contributed by atoms with E-state index in [1.54, 1.807) is 6.26 Å². The van der Waals surface area contributed by atoms with Gasteiger partial charge in [0.25, 0.3) is 0 Å². The highest BCUT2D eigenvalue weighted by Gasteiger charge is 2.39. The molecule has 1 aromatic heterocycles. The molecule has 1 aliphatic rings. The molecule has 0 fully saturated rings. The lowest BCUT2D eigenvalue weighted by Gasteiger charge is -2.32. The molecule has 0 saturated carbocycles. The van der Waals surface area contributed by atoms with E-state index in [2.05, 4.69) is 13.8 Å². The van der Waals surface area contributed by atoms with Gasteiger partial charge >= 0.3 is 0 Å². The van der Waals surface area contributed by atoms with Crippen LogP contribution in [0.5, 0.6) is 0 Å². The Morgan fingerprint density at radius 1 is 1.38 bits per heavy atom. The molecular formula is C14H18O2. The number of rotatable bonds is 0. The average molecular weight is 218 g/mol. The number of carbonyl (C=O) groups is 1. The first-order valence-corrected chi connectivity index (χ1v) is 5.64. The smallest absolute Gasteiger partial charge is 0.193 e. The SMILES string of the molecule is CC(C)=C1C(=O)c2c(C)coc2CC1(C)C. The highest BCUT2D eigenvalue weighted by atomic mass is 16.3. The molecule has 1 heterocycles. The van der Waals surface area contributed by atoms with E-state index in [1.165, 1.54) is 0 Å². The van der Waals surface area contributed by atoms with Crippen LogP contribution in [0.3, 0.4) is 0 Å². The van der Waals surface area contributed by atoms with E-state index in [-0.39, 0.29) is 11.2 Å². The van der Waals surface area contributed by atoms with E-state index in [1.807, 2.05) is 20.8 Å². The number of carbonyl (C=O) groups excluding carboxylic acids is 1. The number of ketones is 1. The van der Waals surface area contributed by atoms with Crippen molar-refractivity contribution in [1.29, 1.82) is 0 Å². The van der Waals surface area contributed by atoms with Gasteiger partial charge in [-0.05, 0) is 26.3 Å². The van der Waals surface area contributed by atoms with Crippen molar-refractivity contribution >= 4 is 5.78 Å². The summed E-state index contributed by atoms with van der Waals surface area (Å²) in [6, 6.07) is 0. The van der Waals surface area contributed by atoms with E-state index in [0.717, 1.165) is 34.5 Å². The molecule has 86 valence electrons. The van der Waals surface area contributed by atoms with Crippen LogP contribution < -0.4 is 0 Å². The van der Waals surface area contributed by atoms with Crippen molar-refractivity contribution in [3.63, 3.8) is 0 Å². The zero-order valence-corrected chi connectivity index (χ0v) is 10.6. The third-order valence-electron chi connectivity index (χ3n) is 3.28. The zero-order chi connectivity index (χ0) is 12.1. The Kier molecular flexibility index (Phi) is 2.33. The van der Waals surface area contributed by atoms with Gasteiger partial charge in [0.15, 0.2) is 5.78 Å². The minimum atomic E-state index is -0.118. The maximum absolute atomic E-state index is 12.4. The summed E-state index contributed by atoms with van der Waals surface area (Å²) in [7, 11) is 0. The van der Waals surface area contributed by atoms with Crippen LogP contribution >= 0.6 is 0 Å². The predicted octanol–water partition coefficient (Wildman–Crippen LogP) is 3.69. The molecule has 2 rings (SSSR count). The van der Waals surface area contributed by atoms with Gasteiger partial charge < -0.3 is 4.42 Å². The number of Topliss-reactive ketones (excluding diaryl/α,β-unsaturated/α-hetero) is 1. The maximum Gasteiger partial charge on any atom is 0.193 e. The van der Waals surface area contributed by atoms with Gasteiger partial charge in [-0.25, -0.2) is 0 Å². The lowest BCUT2D eigenvalue weighted by Crippen LogP contribution is -2.30. The number of hydrogen-bond donors (Lipinski definition) is 0. The molecule has 0 spiro atoms. The highest BCUT2D eigenvalue weighted by molar-refractivity contribution is 6.12. The predicted molar refractivity (Wildman–Crippen MR) is 63.6 cm³/mol. The molecule has 0 atom stereocenters. The Balaban J connectivity index is 2.68. The first-order chi connectivity index (χ1) is 7.34. The van der Waals surface area contributed by atoms with Crippen molar-refractivity contribution < 1.29 is 9.21 Å². The van der Waals surface area contributed by atoms with Gasteiger partial charge in [0.05, 0.1) is 11.8 Å². The molecule has 1 aliphatic carbocycles. The largest absolute Gasteiger partial charge is 0.468 e. The lowest BCUT2D eigenvalue weighted by molar-refractivity contribution is 0.0988. The van der Waals surface area contributed by atoms with Gasteiger partial charge in [0.2, 0.25) is 0 Å². The van der Waals surface area contributed by atoms with Gasteiger partial charge in [-0.1, -0.05) is 19.4 Å². The van der Waals surface area contributed by atoms with Crippen LogP contribution in [0.25, 0.3) is 0 Å². The first-order valence-electron chi connectivity index (χ1n) is 5.64. The number of aryl methyl sites for hydroxylation is 1. The van der Waals surface area contributed by atoms with Crippen LogP contribution in [0.1, 0.15) is 49.4 Å². The Morgan fingerprint density at radius 2 is 2.00 bits per heavy atom. The Bertz CT molecular complexity index is 483. The summed E-state index contributed by atoms with van der Waals surface area (Å²) in [5, 5.41) is 0. The molecule has 0 radical (unpaired) electrons. The van der Waals surface area contributed by atoms with E-state index in [0.29, 0.717) is 0 Å². The molecule has 2 nitrogen and oxygen atoms in total. The Hall–Kier alpha value is -1.31. The average Bonchev–Trinajstić information content (AvgIpc) is 2.44. The van der Waals surface area contributed by atoms with Crippen molar-refractivity contribution in [2.24, 2.45) is 5.41 Å². The fourth-order valence-electron chi connectivity index (χ4n) is 2.76. The quantitative estimate of drug-likeness (QED) is 0.622. The molecule has 0 aliphatic heterocycles. The third-order valence-corrected chi connectivity index (χ3v) is 3.28. The van der Waals surface area contributed by atoms with Crippen LogP contribution in [0.2, 0.25) is 0 Å². The molecule has 0 saturated heterocycles. The minimum Gasteiger partial charge on any atom is -0.468 e. The summed E-state index contributed by atoms with van der Waals surface area (Å²) in [6.07, 6.45) is 2.50. The number of hydrogen-bond acceptors (Lipinski definition) is 2. The second-order valence-corrected chi connectivity index (χ2v) is 5.48. The number of allylic oxidation sites excluding steroid dienone is 2. The Labute approximate surface area is 96.3 Å². The van der Waals surface area contributed by atoms with E-state index >= 15 is 0 Å². The van der Waals surface area contributed by atoms with Crippen LogP contribution in [0.15, 0.2) is 21.8 Å². The van der Waals surface area contributed by atoms with Crippen LogP contribution in [-0.2, 0) is 6.42 Å². The van der Waals surface area contributed by atoms with E-state index < -0.39 is 0 Å². The minimum absolute atomic E-state index is 0.118. The molecule has 0 bridgehead atoms. The van der Waals surface area contributed by atoms with Crippen LogP contribution in [0.4, 0.5) is 0 Å². The molecule has 2 heteroatoms. The molecule has 0 amide bonds. The number of fused-ring (bicyclic) bond motifs is 1. The first kappa shape index (κ1) is 11.2. The van der Waals surface area contributed by atoms with E-state index in [4.69, 9.17) is 4.42 Å². The van der Waals surface area contributed by atoms with Crippen molar-refractivity contribution in [3.05, 3.63) is 34.3 Å². The Morgan fingerprint density at radius 3 is 2.56 bits per heavy atom. The van der Waals surface area contributed by atoms with Gasteiger partial charge in [0, 0.05) is 17.4 Å². The monoisotopic (exact) mass is 218 g/mol. The molecule has 0 unspecified atom stereocenters. The van der Waals surface area contributed by atoms with Gasteiger partial charge in [-0.3, -0.25) is 4.79 Å². The van der Waals surface area contributed by atoms with Gasteiger partial charge in [-0.15, -0.1) is 0 Å². The summed E-state index contributed by atoms with van der Waals surface area (Å²) >= 11 is 0. The summed E-state index contributed by atoms with van der Waals surface area (Å²) in [5.74, 6) is 0.995. The fourth-order valence-corrected chi connectivity index (χ4v) is 2.76. The van der Waals surface area contributed by atoms with Crippen molar-refractivity contribution in [2.75, 3.05) is 0 Å². The fraction of sp³-hybridized carbons (Fsp3) is 0.500. The van der Waals surface area contributed by atoms with Gasteiger partial charge in [0.1, 0.15) is 5.76 Å². The van der Waals surface area contributed by atoms with Crippen LogP contribution in [-0.4, -0.2) is 5.78 Å². The normalized spacial score (nSPS) is 18.6. The topological polar surface area (TPSA) is 30.2 Å². The second-order valence-electron chi connectivity index (χ2n) is 5.48. The van der Waals surface area contributed by atoms with Crippen molar-refractivity contribution in [2.45, 2.75) is 41.0 Å². The molecule has 16 heavy (non-hydrogen) atoms. The molecule has 0 aromatic carbocycles. The summed E-state index contributed by atoms with van der Waals surface area (Å²) in [6.45, 7) is 10.2. The van der Waals surface area contributed by atoms with Gasteiger partial charge in [-0.2, -0.15) is 0 Å². The number of furan rings is 1. The summed E-state index contributed by atoms with van der Waals surface area (Å²) in [4.78, 5) is 12.4. The van der Waals surface area contributed by atoms with Crippen molar-refractivity contribution in [3.8, 4) is 0 Å². The van der Waals surface area contributed by atoms with Crippen molar-refractivity contribution in [1.82, 2.24) is 0 Å². The van der Waals surface area contributed by atoms with E-state index in [9.17, 15) is 4.79 Å². The molecule has 1 aromatic rings. The third kappa shape index (κ3) is 1.44. The van der Waals surface area contributed by atoms with Crippen LogP contribution in [0, 0.1) is 12.3 Å². The molecular weight excluding hydrogens is 200 g/mol.